The number of hydrogen-bond acceptors (Lipinski definition) is 3. The third kappa shape index (κ3) is 1.39. The molecule has 1 aromatic heterocycles. The van der Waals surface area contributed by atoms with Crippen molar-refractivity contribution in [1.29, 1.82) is 5.26 Å². The largest absolute Gasteiger partial charge is 0.398 e. The number of anilines is 1. The van der Waals surface area contributed by atoms with Crippen LogP contribution in [-0.2, 0) is 5.33 Å². The summed E-state index contributed by atoms with van der Waals surface area (Å²) in [5.74, 6) is 0. The van der Waals surface area contributed by atoms with Crippen LogP contribution in [0.4, 0.5) is 5.69 Å². The van der Waals surface area contributed by atoms with Crippen LogP contribution < -0.4 is 5.73 Å². The maximum absolute atomic E-state index is 8.96. The fourth-order valence-corrected chi connectivity index (χ4v) is 2.80. The lowest BCUT2D eigenvalue weighted by molar-refractivity contribution is 1.50. The van der Waals surface area contributed by atoms with E-state index in [2.05, 4.69) is 22.0 Å². The Labute approximate surface area is 94.1 Å². The molecule has 0 saturated carbocycles. The quantitative estimate of drug-likeness (QED) is 0.637. The van der Waals surface area contributed by atoms with Gasteiger partial charge in [0, 0.05) is 20.3 Å². The number of thiophene rings is 1. The van der Waals surface area contributed by atoms with Crippen LogP contribution in [0.5, 0.6) is 0 Å². The van der Waals surface area contributed by atoms with Crippen molar-refractivity contribution in [2.75, 3.05) is 5.73 Å². The minimum absolute atomic E-state index is 0.555. The number of alkyl halides is 1. The number of rotatable bonds is 1. The van der Waals surface area contributed by atoms with E-state index in [0.29, 0.717) is 11.3 Å². The number of nitriles is 1. The zero-order valence-corrected chi connectivity index (χ0v) is 9.65. The topological polar surface area (TPSA) is 49.8 Å². The SMILES string of the molecule is N#Cc1c(N)ccc2sc(CBr)cc12. The number of hydrogen-bond donors (Lipinski definition) is 1. The second-order valence-corrected chi connectivity index (χ2v) is 4.63. The Kier molecular flexibility index (Phi) is 2.44. The molecule has 0 fully saturated rings. The molecule has 0 unspecified atom stereocenters. The molecule has 0 aliphatic heterocycles. The summed E-state index contributed by atoms with van der Waals surface area (Å²) in [5, 5.41) is 10.7. The van der Waals surface area contributed by atoms with Gasteiger partial charge in [-0.25, -0.2) is 0 Å². The molecule has 2 rings (SSSR count). The first-order valence-electron chi connectivity index (χ1n) is 4.03. The molecule has 1 aromatic carbocycles. The van der Waals surface area contributed by atoms with Crippen molar-refractivity contribution in [1.82, 2.24) is 0 Å². The van der Waals surface area contributed by atoms with Gasteiger partial charge in [0.1, 0.15) is 6.07 Å². The van der Waals surface area contributed by atoms with Gasteiger partial charge in [-0.05, 0) is 18.2 Å². The Morgan fingerprint density at radius 3 is 2.93 bits per heavy atom. The molecule has 0 bridgehead atoms. The number of nitrogens with two attached hydrogens (primary N) is 1. The first-order chi connectivity index (χ1) is 6.76. The molecule has 1 heterocycles. The first kappa shape index (κ1) is 9.50. The fraction of sp³-hybridized carbons (Fsp3) is 0.100. The Morgan fingerprint density at radius 1 is 1.50 bits per heavy atom. The minimum Gasteiger partial charge on any atom is -0.398 e. The highest BCUT2D eigenvalue weighted by atomic mass is 79.9. The van der Waals surface area contributed by atoms with Gasteiger partial charge in [-0.1, -0.05) is 15.9 Å². The van der Waals surface area contributed by atoms with Crippen molar-refractivity contribution in [2.24, 2.45) is 0 Å². The second-order valence-electron chi connectivity index (χ2n) is 2.90. The van der Waals surface area contributed by atoms with Gasteiger partial charge in [0.2, 0.25) is 0 Å². The van der Waals surface area contributed by atoms with Gasteiger partial charge in [0.25, 0.3) is 0 Å². The molecule has 0 aliphatic carbocycles. The highest BCUT2D eigenvalue weighted by Crippen LogP contribution is 2.31. The monoisotopic (exact) mass is 266 g/mol. The van der Waals surface area contributed by atoms with Gasteiger partial charge in [-0.3, -0.25) is 0 Å². The van der Waals surface area contributed by atoms with E-state index in [1.165, 1.54) is 4.88 Å². The van der Waals surface area contributed by atoms with Crippen LogP contribution in [0.25, 0.3) is 10.1 Å². The lowest BCUT2D eigenvalue weighted by Crippen LogP contribution is -1.89. The van der Waals surface area contributed by atoms with Crippen LogP contribution >= 0.6 is 27.3 Å². The molecule has 2 N–H and O–H groups in total. The molecule has 0 spiro atoms. The standard InChI is InChI=1S/C10H7BrN2S/c11-4-6-3-7-8(5-12)9(13)1-2-10(7)14-6/h1-3H,4,13H2. The molecule has 0 radical (unpaired) electrons. The molecule has 14 heavy (non-hydrogen) atoms. The number of fused-ring (bicyclic) bond motifs is 1. The highest BCUT2D eigenvalue weighted by molar-refractivity contribution is 9.08. The highest BCUT2D eigenvalue weighted by Gasteiger charge is 2.07. The number of nitrogens with zero attached hydrogens (tertiary/aromatic N) is 1. The van der Waals surface area contributed by atoms with E-state index >= 15 is 0 Å². The molecule has 2 nitrogen and oxygen atoms in total. The summed E-state index contributed by atoms with van der Waals surface area (Å²) < 4.78 is 1.12. The Balaban J connectivity index is 2.81. The zero-order valence-electron chi connectivity index (χ0n) is 7.25. The van der Waals surface area contributed by atoms with Crippen LogP contribution in [0.2, 0.25) is 0 Å². The number of halogens is 1. The number of benzene rings is 1. The number of nitrogen functional groups attached to an aromatic ring is 1. The summed E-state index contributed by atoms with van der Waals surface area (Å²) in [6.07, 6.45) is 0. The van der Waals surface area contributed by atoms with E-state index in [-0.39, 0.29) is 0 Å². The van der Waals surface area contributed by atoms with Crippen LogP contribution in [0.15, 0.2) is 18.2 Å². The molecule has 0 atom stereocenters. The van der Waals surface area contributed by atoms with Crippen molar-refractivity contribution in [3.63, 3.8) is 0 Å². The fourth-order valence-electron chi connectivity index (χ4n) is 1.37. The lowest BCUT2D eigenvalue weighted by atomic mass is 10.1. The summed E-state index contributed by atoms with van der Waals surface area (Å²) in [7, 11) is 0. The van der Waals surface area contributed by atoms with Gasteiger partial charge >= 0.3 is 0 Å². The van der Waals surface area contributed by atoms with Gasteiger partial charge in [0.05, 0.1) is 11.3 Å². The van der Waals surface area contributed by atoms with Crippen LogP contribution in [0.1, 0.15) is 10.4 Å². The lowest BCUT2D eigenvalue weighted by Gasteiger charge is -1.96. The first-order valence-corrected chi connectivity index (χ1v) is 5.97. The average Bonchev–Trinajstić information content (AvgIpc) is 2.60. The molecule has 4 heteroatoms. The summed E-state index contributed by atoms with van der Waals surface area (Å²) in [6.45, 7) is 0. The third-order valence-corrected chi connectivity index (χ3v) is 4.10. The Hall–Kier alpha value is -1.05. The predicted octanol–water partition coefficient (Wildman–Crippen LogP) is 3.25. The molecular weight excluding hydrogens is 260 g/mol. The summed E-state index contributed by atoms with van der Waals surface area (Å²) in [5.41, 5.74) is 6.86. The van der Waals surface area contributed by atoms with Crippen molar-refractivity contribution in [3.05, 3.63) is 28.6 Å². The van der Waals surface area contributed by atoms with Crippen molar-refractivity contribution in [3.8, 4) is 6.07 Å². The van der Waals surface area contributed by atoms with Gasteiger partial charge in [-0.15, -0.1) is 11.3 Å². The van der Waals surface area contributed by atoms with Crippen molar-refractivity contribution < 1.29 is 0 Å². The van der Waals surface area contributed by atoms with Crippen molar-refractivity contribution in [2.45, 2.75) is 5.33 Å². The van der Waals surface area contributed by atoms with E-state index in [1.54, 1.807) is 17.4 Å². The smallest absolute Gasteiger partial charge is 0.102 e. The normalized spacial score (nSPS) is 10.3. The summed E-state index contributed by atoms with van der Waals surface area (Å²) in [6, 6.07) is 7.91. The molecule has 0 saturated heterocycles. The van der Waals surface area contributed by atoms with E-state index < -0.39 is 0 Å². The zero-order chi connectivity index (χ0) is 10.1. The Morgan fingerprint density at radius 2 is 2.29 bits per heavy atom. The van der Waals surface area contributed by atoms with E-state index in [0.717, 1.165) is 15.4 Å². The van der Waals surface area contributed by atoms with Crippen LogP contribution in [-0.4, -0.2) is 0 Å². The van der Waals surface area contributed by atoms with Gasteiger partial charge in [0.15, 0.2) is 0 Å². The summed E-state index contributed by atoms with van der Waals surface area (Å²) >= 11 is 5.08. The average molecular weight is 267 g/mol. The maximum atomic E-state index is 8.96. The molecule has 2 aromatic rings. The second kappa shape index (κ2) is 3.60. The van der Waals surface area contributed by atoms with E-state index in [9.17, 15) is 0 Å². The van der Waals surface area contributed by atoms with E-state index in [1.807, 2.05) is 12.1 Å². The van der Waals surface area contributed by atoms with Crippen LogP contribution in [0, 0.1) is 11.3 Å². The minimum atomic E-state index is 0.555. The molecule has 70 valence electrons. The van der Waals surface area contributed by atoms with Crippen LogP contribution in [0.3, 0.4) is 0 Å². The third-order valence-electron chi connectivity index (χ3n) is 2.03. The Bertz CT molecular complexity index is 525. The van der Waals surface area contributed by atoms with Gasteiger partial charge < -0.3 is 5.73 Å². The molecular formula is C10H7BrN2S. The van der Waals surface area contributed by atoms with E-state index in [4.69, 9.17) is 11.0 Å². The molecule has 0 aliphatic rings. The summed E-state index contributed by atoms with van der Waals surface area (Å²) in [4.78, 5) is 1.21. The predicted molar refractivity (Wildman–Crippen MR) is 63.6 cm³/mol. The maximum Gasteiger partial charge on any atom is 0.102 e. The molecule has 0 amide bonds. The van der Waals surface area contributed by atoms with Crippen molar-refractivity contribution >= 4 is 43.0 Å². The van der Waals surface area contributed by atoms with Gasteiger partial charge in [-0.2, -0.15) is 5.26 Å².